The Morgan fingerprint density at radius 3 is 2.94 bits per heavy atom. The highest BCUT2D eigenvalue weighted by atomic mass is 15.1. The van der Waals surface area contributed by atoms with Crippen LogP contribution in [0, 0.1) is 5.92 Å². The number of nitrogen functional groups attached to an aromatic ring is 1. The molecule has 1 aromatic heterocycles. The summed E-state index contributed by atoms with van der Waals surface area (Å²) in [6.07, 6.45) is 5.60. The van der Waals surface area contributed by atoms with E-state index in [0.29, 0.717) is 12.4 Å². The zero-order chi connectivity index (χ0) is 12.8. The molecule has 5 heteroatoms. The van der Waals surface area contributed by atoms with Crippen molar-refractivity contribution in [3.8, 4) is 0 Å². The summed E-state index contributed by atoms with van der Waals surface area (Å²) in [6, 6.07) is 1.71. The monoisotopic (exact) mass is 249 g/mol. The number of piperidine rings is 1. The molecule has 0 spiro atoms. The van der Waals surface area contributed by atoms with Gasteiger partial charge >= 0.3 is 0 Å². The van der Waals surface area contributed by atoms with Crippen molar-refractivity contribution < 1.29 is 0 Å². The summed E-state index contributed by atoms with van der Waals surface area (Å²) in [6.45, 7) is 4.22. The average molecular weight is 249 g/mol. The Bertz CT molecular complexity index is 360. The van der Waals surface area contributed by atoms with Gasteiger partial charge in [-0.05, 0) is 57.9 Å². The maximum absolute atomic E-state index is 5.61. The SMILES string of the molecule is CN1CCC(CCNCc2nccc(N)n2)CC1. The van der Waals surface area contributed by atoms with E-state index >= 15 is 0 Å². The normalized spacial score (nSPS) is 18.1. The van der Waals surface area contributed by atoms with Gasteiger partial charge in [0.15, 0.2) is 0 Å². The summed E-state index contributed by atoms with van der Waals surface area (Å²) < 4.78 is 0. The molecule has 18 heavy (non-hydrogen) atoms. The van der Waals surface area contributed by atoms with Gasteiger partial charge in [0, 0.05) is 6.20 Å². The van der Waals surface area contributed by atoms with Gasteiger partial charge in [-0.15, -0.1) is 0 Å². The lowest BCUT2D eigenvalue weighted by atomic mass is 9.94. The zero-order valence-corrected chi connectivity index (χ0v) is 11.1. The molecule has 0 radical (unpaired) electrons. The first-order valence-corrected chi connectivity index (χ1v) is 6.70. The molecule has 2 rings (SSSR count). The smallest absolute Gasteiger partial charge is 0.144 e. The number of nitrogens with zero attached hydrogens (tertiary/aromatic N) is 3. The van der Waals surface area contributed by atoms with Crippen LogP contribution < -0.4 is 11.1 Å². The van der Waals surface area contributed by atoms with Crippen LogP contribution in [0.5, 0.6) is 0 Å². The van der Waals surface area contributed by atoms with Crippen LogP contribution in [0.2, 0.25) is 0 Å². The van der Waals surface area contributed by atoms with Crippen LogP contribution in [0.3, 0.4) is 0 Å². The van der Waals surface area contributed by atoms with Crippen LogP contribution in [-0.4, -0.2) is 41.5 Å². The van der Waals surface area contributed by atoms with Crippen LogP contribution in [0.1, 0.15) is 25.1 Å². The van der Waals surface area contributed by atoms with Crippen LogP contribution in [-0.2, 0) is 6.54 Å². The molecule has 0 unspecified atom stereocenters. The molecule has 0 atom stereocenters. The number of nitrogens with two attached hydrogens (primary N) is 1. The van der Waals surface area contributed by atoms with Gasteiger partial charge in [-0.1, -0.05) is 0 Å². The molecule has 2 heterocycles. The molecular formula is C13H23N5. The van der Waals surface area contributed by atoms with E-state index in [-0.39, 0.29) is 0 Å². The molecule has 5 nitrogen and oxygen atoms in total. The molecule has 0 aliphatic carbocycles. The number of nitrogens with one attached hydrogen (secondary N) is 1. The predicted octanol–water partition coefficient (Wildman–Crippen LogP) is 0.880. The van der Waals surface area contributed by atoms with Crippen molar-refractivity contribution in [3.63, 3.8) is 0 Å². The average Bonchev–Trinajstić information content (AvgIpc) is 2.37. The molecule has 0 amide bonds. The standard InChI is InChI=1S/C13H23N5/c1-18-8-4-11(5-9-18)2-6-15-10-13-16-7-3-12(14)17-13/h3,7,11,15H,2,4-6,8-10H2,1H3,(H2,14,16,17). The van der Waals surface area contributed by atoms with E-state index in [9.17, 15) is 0 Å². The van der Waals surface area contributed by atoms with Crippen molar-refractivity contribution in [1.29, 1.82) is 0 Å². The lowest BCUT2D eigenvalue weighted by molar-refractivity contribution is 0.211. The van der Waals surface area contributed by atoms with Crippen LogP contribution >= 0.6 is 0 Å². The Balaban J connectivity index is 1.61. The van der Waals surface area contributed by atoms with Crippen LogP contribution in [0.4, 0.5) is 5.82 Å². The summed E-state index contributed by atoms with van der Waals surface area (Å²) in [5, 5.41) is 3.39. The van der Waals surface area contributed by atoms with Crippen molar-refractivity contribution in [2.45, 2.75) is 25.8 Å². The van der Waals surface area contributed by atoms with E-state index in [1.54, 1.807) is 12.3 Å². The van der Waals surface area contributed by atoms with Crippen molar-refractivity contribution in [3.05, 3.63) is 18.1 Å². The fourth-order valence-corrected chi connectivity index (χ4v) is 2.36. The first-order chi connectivity index (χ1) is 8.74. The van der Waals surface area contributed by atoms with E-state index in [4.69, 9.17) is 5.73 Å². The molecule has 0 bridgehead atoms. The third-order valence-corrected chi connectivity index (χ3v) is 3.58. The van der Waals surface area contributed by atoms with E-state index < -0.39 is 0 Å². The summed E-state index contributed by atoms with van der Waals surface area (Å²) in [7, 11) is 2.20. The first-order valence-electron chi connectivity index (χ1n) is 6.70. The molecular weight excluding hydrogens is 226 g/mol. The summed E-state index contributed by atoms with van der Waals surface area (Å²) in [5.74, 6) is 2.19. The summed E-state index contributed by atoms with van der Waals surface area (Å²) in [5.41, 5.74) is 5.61. The van der Waals surface area contributed by atoms with Crippen molar-refractivity contribution >= 4 is 5.82 Å². The molecule has 0 aromatic carbocycles. The van der Waals surface area contributed by atoms with Gasteiger partial charge in [0.05, 0.1) is 6.54 Å². The van der Waals surface area contributed by atoms with E-state index in [0.717, 1.165) is 18.3 Å². The van der Waals surface area contributed by atoms with E-state index in [2.05, 4.69) is 27.2 Å². The highest BCUT2D eigenvalue weighted by Crippen LogP contribution is 2.18. The summed E-state index contributed by atoms with van der Waals surface area (Å²) in [4.78, 5) is 10.7. The topological polar surface area (TPSA) is 67.1 Å². The molecule has 1 saturated heterocycles. The van der Waals surface area contributed by atoms with Crippen LogP contribution in [0.15, 0.2) is 12.3 Å². The van der Waals surface area contributed by atoms with E-state index in [1.165, 1.54) is 32.4 Å². The van der Waals surface area contributed by atoms with Crippen molar-refractivity contribution in [1.82, 2.24) is 20.2 Å². The second kappa shape index (κ2) is 6.66. The fraction of sp³-hybridized carbons (Fsp3) is 0.692. The summed E-state index contributed by atoms with van der Waals surface area (Å²) >= 11 is 0. The van der Waals surface area contributed by atoms with Gasteiger partial charge in [-0.2, -0.15) is 0 Å². The second-order valence-corrected chi connectivity index (χ2v) is 5.11. The zero-order valence-electron chi connectivity index (χ0n) is 11.1. The van der Waals surface area contributed by atoms with Gasteiger partial charge in [-0.25, -0.2) is 9.97 Å². The maximum atomic E-state index is 5.61. The molecule has 0 saturated carbocycles. The minimum Gasteiger partial charge on any atom is -0.384 e. The minimum atomic E-state index is 0.539. The Morgan fingerprint density at radius 2 is 2.22 bits per heavy atom. The molecule has 1 aliphatic rings. The largest absolute Gasteiger partial charge is 0.384 e. The minimum absolute atomic E-state index is 0.539. The van der Waals surface area contributed by atoms with Gasteiger partial charge in [0.2, 0.25) is 0 Å². The number of likely N-dealkylation sites (tertiary alicyclic amines) is 1. The Kier molecular flexibility index (Phi) is 4.90. The van der Waals surface area contributed by atoms with Gasteiger partial charge in [0.1, 0.15) is 11.6 Å². The van der Waals surface area contributed by atoms with Gasteiger partial charge in [-0.3, -0.25) is 0 Å². The highest BCUT2D eigenvalue weighted by molar-refractivity contribution is 5.24. The maximum Gasteiger partial charge on any atom is 0.144 e. The lowest BCUT2D eigenvalue weighted by Crippen LogP contribution is -2.31. The van der Waals surface area contributed by atoms with Crippen molar-refractivity contribution in [2.75, 3.05) is 32.4 Å². The molecule has 1 aliphatic heterocycles. The first kappa shape index (κ1) is 13.2. The molecule has 3 N–H and O–H groups in total. The number of hydrogen-bond acceptors (Lipinski definition) is 5. The quantitative estimate of drug-likeness (QED) is 0.758. The van der Waals surface area contributed by atoms with Gasteiger partial charge < -0.3 is 16.0 Å². The predicted molar refractivity (Wildman–Crippen MR) is 73.0 cm³/mol. The fourth-order valence-electron chi connectivity index (χ4n) is 2.36. The van der Waals surface area contributed by atoms with Crippen molar-refractivity contribution in [2.24, 2.45) is 5.92 Å². The highest BCUT2D eigenvalue weighted by Gasteiger charge is 2.15. The molecule has 1 fully saturated rings. The Morgan fingerprint density at radius 1 is 1.44 bits per heavy atom. The Hall–Kier alpha value is -1.20. The van der Waals surface area contributed by atoms with Crippen LogP contribution in [0.25, 0.3) is 0 Å². The number of rotatable bonds is 5. The second-order valence-electron chi connectivity index (χ2n) is 5.11. The lowest BCUT2D eigenvalue weighted by Gasteiger charge is -2.28. The van der Waals surface area contributed by atoms with E-state index in [1.807, 2.05) is 0 Å². The third-order valence-electron chi connectivity index (χ3n) is 3.58. The Labute approximate surface area is 109 Å². The third kappa shape index (κ3) is 4.23. The molecule has 100 valence electrons. The number of anilines is 1. The van der Waals surface area contributed by atoms with Gasteiger partial charge in [0.25, 0.3) is 0 Å². The number of hydrogen-bond donors (Lipinski definition) is 2. The number of aromatic nitrogens is 2. The molecule has 1 aromatic rings.